The zero-order valence-corrected chi connectivity index (χ0v) is 11.1. The number of benzene rings is 1. The Morgan fingerprint density at radius 1 is 1.11 bits per heavy atom. The van der Waals surface area contributed by atoms with Crippen molar-refractivity contribution in [3.05, 3.63) is 42.5 Å². The Labute approximate surface area is 113 Å². The van der Waals surface area contributed by atoms with E-state index in [9.17, 15) is 0 Å². The van der Waals surface area contributed by atoms with Gasteiger partial charge in [0.2, 0.25) is 0 Å². The second kappa shape index (κ2) is 5.11. The summed E-state index contributed by atoms with van der Waals surface area (Å²) in [5.74, 6) is 1.41. The molecule has 3 heteroatoms. The molecule has 0 spiro atoms. The van der Waals surface area contributed by atoms with Gasteiger partial charge in [0.25, 0.3) is 0 Å². The van der Waals surface area contributed by atoms with Crippen LogP contribution >= 0.6 is 12.2 Å². The van der Waals surface area contributed by atoms with Gasteiger partial charge in [-0.2, -0.15) is 0 Å². The molecule has 0 aromatic heterocycles. The van der Waals surface area contributed by atoms with Crippen molar-refractivity contribution in [1.29, 1.82) is 0 Å². The molecule has 2 bridgehead atoms. The maximum Gasteiger partial charge on any atom is 0.171 e. The standard InChI is InChI=1S/C15H18N2S/c18-15(16-13-4-2-1-3-5-13)17-14-10-11-6-8-12(14)9-7-11/h1-6,8,11-12,14H,7,9-10H2,(H2,16,17,18)/t11-,12+,14+/m1/s1. The third-order valence-electron chi connectivity index (χ3n) is 3.92. The predicted octanol–water partition coefficient (Wildman–Crippen LogP) is 3.33. The van der Waals surface area contributed by atoms with Gasteiger partial charge in [-0.1, -0.05) is 30.4 Å². The van der Waals surface area contributed by atoms with Gasteiger partial charge >= 0.3 is 0 Å². The lowest BCUT2D eigenvalue weighted by molar-refractivity contribution is 0.268. The fourth-order valence-corrected chi connectivity index (χ4v) is 3.22. The Balaban J connectivity index is 1.57. The molecule has 4 rings (SSSR count). The monoisotopic (exact) mass is 258 g/mol. The number of hydrogen-bond acceptors (Lipinski definition) is 1. The summed E-state index contributed by atoms with van der Waals surface area (Å²) in [6.07, 6.45) is 8.60. The molecule has 3 atom stereocenters. The van der Waals surface area contributed by atoms with Crippen LogP contribution in [-0.4, -0.2) is 11.2 Å². The molecule has 1 aromatic rings. The summed E-state index contributed by atoms with van der Waals surface area (Å²) in [7, 11) is 0. The minimum Gasteiger partial charge on any atom is -0.359 e. The van der Waals surface area contributed by atoms with E-state index in [2.05, 4.69) is 22.8 Å². The first kappa shape index (κ1) is 11.7. The van der Waals surface area contributed by atoms with Crippen LogP contribution in [0.4, 0.5) is 5.69 Å². The molecular formula is C15H18N2S. The summed E-state index contributed by atoms with van der Waals surface area (Å²) in [5.41, 5.74) is 1.05. The molecule has 94 valence electrons. The third-order valence-corrected chi connectivity index (χ3v) is 4.14. The Bertz CT molecular complexity index is 455. The van der Waals surface area contributed by atoms with E-state index in [1.165, 1.54) is 19.3 Å². The van der Waals surface area contributed by atoms with Gasteiger partial charge in [-0.3, -0.25) is 0 Å². The van der Waals surface area contributed by atoms with Crippen molar-refractivity contribution >= 4 is 23.0 Å². The van der Waals surface area contributed by atoms with Crippen molar-refractivity contribution in [2.45, 2.75) is 25.3 Å². The van der Waals surface area contributed by atoms with E-state index in [4.69, 9.17) is 12.2 Å². The largest absolute Gasteiger partial charge is 0.359 e. The summed E-state index contributed by atoms with van der Waals surface area (Å²) in [5, 5.41) is 7.46. The topological polar surface area (TPSA) is 24.1 Å². The van der Waals surface area contributed by atoms with Crippen molar-refractivity contribution in [1.82, 2.24) is 5.32 Å². The van der Waals surface area contributed by atoms with Gasteiger partial charge in [0.05, 0.1) is 0 Å². The maximum absolute atomic E-state index is 5.39. The number of anilines is 1. The van der Waals surface area contributed by atoms with E-state index < -0.39 is 0 Å². The van der Waals surface area contributed by atoms with Crippen molar-refractivity contribution in [2.24, 2.45) is 11.8 Å². The zero-order valence-electron chi connectivity index (χ0n) is 10.3. The molecule has 2 N–H and O–H groups in total. The molecule has 3 aliphatic rings. The fraction of sp³-hybridized carbons (Fsp3) is 0.400. The highest BCUT2D eigenvalue weighted by Gasteiger charge is 2.31. The number of allylic oxidation sites excluding steroid dienone is 1. The first-order valence-corrected chi connectivity index (χ1v) is 7.03. The molecule has 0 unspecified atom stereocenters. The van der Waals surface area contributed by atoms with Crippen LogP contribution in [0, 0.1) is 11.8 Å². The van der Waals surface area contributed by atoms with Crippen LogP contribution in [0.5, 0.6) is 0 Å². The number of nitrogens with one attached hydrogen (secondary N) is 2. The van der Waals surface area contributed by atoms with E-state index >= 15 is 0 Å². The molecule has 0 aliphatic heterocycles. The van der Waals surface area contributed by atoms with Crippen LogP contribution in [-0.2, 0) is 0 Å². The minimum atomic E-state index is 0.512. The van der Waals surface area contributed by atoms with Gasteiger partial charge in [-0.05, 0) is 55.4 Å². The van der Waals surface area contributed by atoms with Crippen molar-refractivity contribution in [3.8, 4) is 0 Å². The van der Waals surface area contributed by atoms with Gasteiger partial charge in [-0.15, -0.1) is 0 Å². The molecular weight excluding hydrogens is 240 g/mol. The molecule has 0 heterocycles. The molecule has 0 amide bonds. The lowest BCUT2D eigenvalue weighted by Gasteiger charge is -2.38. The lowest BCUT2D eigenvalue weighted by atomic mass is 9.73. The Morgan fingerprint density at radius 2 is 1.94 bits per heavy atom. The average Bonchev–Trinajstić information content (AvgIpc) is 2.41. The highest BCUT2D eigenvalue weighted by Crippen LogP contribution is 2.36. The molecule has 1 aromatic carbocycles. The predicted molar refractivity (Wildman–Crippen MR) is 79.6 cm³/mol. The zero-order chi connectivity index (χ0) is 12.4. The van der Waals surface area contributed by atoms with Crippen LogP contribution in [0.3, 0.4) is 0 Å². The average molecular weight is 258 g/mol. The van der Waals surface area contributed by atoms with Crippen molar-refractivity contribution in [3.63, 3.8) is 0 Å². The highest BCUT2D eigenvalue weighted by atomic mass is 32.1. The second-order valence-corrected chi connectivity index (χ2v) is 5.60. The quantitative estimate of drug-likeness (QED) is 0.628. The lowest BCUT2D eigenvalue weighted by Crippen LogP contribution is -2.46. The summed E-state index contributed by atoms with van der Waals surface area (Å²) in [4.78, 5) is 0. The highest BCUT2D eigenvalue weighted by molar-refractivity contribution is 7.80. The van der Waals surface area contributed by atoms with Crippen LogP contribution in [0.2, 0.25) is 0 Å². The number of hydrogen-bond donors (Lipinski definition) is 2. The van der Waals surface area contributed by atoms with E-state index in [-0.39, 0.29) is 0 Å². The van der Waals surface area contributed by atoms with Crippen LogP contribution in [0.1, 0.15) is 19.3 Å². The molecule has 0 saturated heterocycles. The van der Waals surface area contributed by atoms with Gasteiger partial charge in [0, 0.05) is 11.7 Å². The summed E-state index contributed by atoms with van der Waals surface area (Å²) >= 11 is 5.39. The normalized spacial score (nSPS) is 29.0. The van der Waals surface area contributed by atoms with Crippen molar-refractivity contribution in [2.75, 3.05) is 5.32 Å². The number of thiocarbonyl (C=S) groups is 1. The van der Waals surface area contributed by atoms with E-state index in [1.54, 1.807) is 0 Å². The molecule has 2 nitrogen and oxygen atoms in total. The van der Waals surface area contributed by atoms with Crippen LogP contribution in [0.25, 0.3) is 0 Å². The summed E-state index contributed by atoms with van der Waals surface area (Å²) in [6, 6.07) is 10.6. The number of fused-ring (bicyclic) bond motifs is 2. The first-order valence-electron chi connectivity index (χ1n) is 6.62. The molecule has 1 fully saturated rings. The number of para-hydroxylation sites is 1. The second-order valence-electron chi connectivity index (χ2n) is 5.19. The number of rotatable bonds is 2. The van der Waals surface area contributed by atoms with Gasteiger partial charge in [0.15, 0.2) is 5.11 Å². The maximum atomic E-state index is 5.39. The fourth-order valence-electron chi connectivity index (χ4n) is 2.95. The molecule has 3 aliphatic carbocycles. The van der Waals surface area contributed by atoms with Crippen LogP contribution in [0.15, 0.2) is 42.5 Å². The molecule has 18 heavy (non-hydrogen) atoms. The minimum absolute atomic E-state index is 0.512. The van der Waals surface area contributed by atoms with E-state index in [1.807, 2.05) is 30.3 Å². The van der Waals surface area contributed by atoms with Crippen molar-refractivity contribution < 1.29 is 0 Å². The Hall–Kier alpha value is -1.35. The SMILES string of the molecule is S=C(Nc1ccccc1)N[C@H]1C[C@@H]2C=C[C@H]1CC2. The summed E-state index contributed by atoms with van der Waals surface area (Å²) < 4.78 is 0. The van der Waals surface area contributed by atoms with E-state index in [0.717, 1.165) is 16.7 Å². The van der Waals surface area contributed by atoms with Gasteiger partial charge in [-0.25, -0.2) is 0 Å². The van der Waals surface area contributed by atoms with Gasteiger partial charge in [0.1, 0.15) is 0 Å². The third kappa shape index (κ3) is 2.56. The first-order chi connectivity index (χ1) is 8.81. The Kier molecular flexibility index (Phi) is 3.33. The van der Waals surface area contributed by atoms with Crippen LogP contribution < -0.4 is 10.6 Å². The molecule has 1 saturated carbocycles. The smallest absolute Gasteiger partial charge is 0.171 e. The molecule has 0 radical (unpaired) electrons. The van der Waals surface area contributed by atoms with E-state index in [0.29, 0.717) is 12.0 Å². The Morgan fingerprint density at radius 3 is 2.56 bits per heavy atom. The van der Waals surface area contributed by atoms with Gasteiger partial charge < -0.3 is 10.6 Å². The summed E-state index contributed by atoms with van der Waals surface area (Å²) in [6.45, 7) is 0.